The van der Waals surface area contributed by atoms with E-state index in [0.29, 0.717) is 5.69 Å². The first-order valence-electron chi connectivity index (χ1n) is 2.70. The predicted molar refractivity (Wildman–Crippen MR) is 34.3 cm³/mol. The van der Waals surface area contributed by atoms with Crippen LogP contribution in [-0.4, -0.2) is 9.97 Å². The summed E-state index contributed by atoms with van der Waals surface area (Å²) in [7, 11) is 0. The molecule has 0 radical (unpaired) electrons. The van der Waals surface area contributed by atoms with Crippen LogP contribution < -0.4 is 5.69 Å². The molecule has 1 aromatic rings. The van der Waals surface area contributed by atoms with Gasteiger partial charge < -0.3 is 4.98 Å². The van der Waals surface area contributed by atoms with Crippen LogP contribution in [0.15, 0.2) is 10.9 Å². The van der Waals surface area contributed by atoms with Crippen molar-refractivity contribution in [1.82, 2.24) is 9.97 Å². The van der Waals surface area contributed by atoms with E-state index < -0.39 is 5.69 Å². The molecular weight excluding hydrogens is 130 g/mol. The van der Waals surface area contributed by atoms with Crippen molar-refractivity contribution in [3.05, 3.63) is 27.9 Å². The number of hydrogen-bond acceptors (Lipinski definition) is 3. The van der Waals surface area contributed by atoms with Crippen molar-refractivity contribution in [3.8, 4) is 6.07 Å². The number of H-pyrrole nitrogens is 1. The van der Waals surface area contributed by atoms with Gasteiger partial charge in [0.15, 0.2) is 0 Å². The largest absolute Gasteiger partial charge is 0.346 e. The Labute approximate surface area is 57.2 Å². The number of aromatic amines is 1. The van der Waals surface area contributed by atoms with E-state index in [2.05, 4.69) is 9.97 Å². The Balaban J connectivity index is 3.36. The first kappa shape index (κ1) is 6.49. The molecule has 1 N–H and O–H groups in total. The first-order chi connectivity index (χ1) is 4.72. The maximum absolute atomic E-state index is 10.6. The molecule has 50 valence electrons. The Kier molecular flexibility index (Phi) is 1.50. The van der Waals surface area contributed by atoms with Gasteiger partial charge in [0.25, 0.3) is 0 Å². The Hall–Kier alpha value is -1.63. The Morgan fingerprint density at radius 3 is 3.00 bits per heavy atom. The molecule has 1 aromatic heterocycles. The fraction of sp³-hybridized carbons (Fsp3) is 0.167. The fourth-order valence-corrected chi connectivity index (χ4v) is 0.637. The summed E-state index contributed by atoms with van der Waals surface area (Å²) in [6, 6.07) is 3.29. The Morgan fingerprint density at radius 2 is 2.50 bits per heavy atom. The zero-order valence-electron chi connectivity index (χ0n) is 5.38. The lowest BCUT2D eigenvalue weighted by atomic mass is 10.4. The maximum Gasteiger partial charge on any atom is 0.346 e. The molecule has 4 nitrogen and oxygen atoms in total. The van der Waals surface area contributed by atoms with E-state index in [9.17, 15) is 4.79 Å². The molecule has 0 atom stereocenters. The van der Waals surface area contributed by atoms with E-state index in [1.807, 2.05) is 0 Å². The van der Waals surface area contributed by atoms with Crippen LogP contribution in [0.1, 0.15) is 11.4 Å². The highest BCUT2D eigenvalue weighted by atomic mass is 16.1. The Morgan fingerprint density at radius 1 is 1.80 bits per heavy atom. The van der Waals surface area contributed by atoms with Crippen molar-refractivity contribution in [2.75, 3.05) is 0 Å². The molecule has 0 saturated heterocycles. The molecular formula is C6H5N3O. The number of rotatable bonds is 0. The lowest BCUT2D eigenvalue weighted by Gasteiger charge is -1.88. The van der Waals surface area contributed by atoms with E-state index >= 15 is 0 Å². The molecule has 10 heavy (non-hydrogen) atoms. The average molecular weight is 135 g/mol. The number of nitrogens with zero attached hydrogens (tertiary/aromatic N) is 2. The van der Waals surface area contributed by atoms with E-state index in [0.717, 1.165) is 0 Å². The van der Waals surface area contributed by atoms with E-state index in [1.165, 1.54) is 6.07 Å². The van der Waals surface area contributed by atoms with Gasteiger partial charge in [0.2, 0.25) is 0 Å². The third kappa shape index (κ3) is 1.20. The van der Waals surface area contributed by atoms with E-state index in [-0.39, 0.29) is 5.69 Å². The highest BCUT2D eigenvalue weighted by molar-refractivity contribution is 5.19. The third-order valence-corrected chi connectivity index (χ3v) is 0.994. The van der Waals surface area contributed by atoms with Crippen LogP contribution in [0.5, 0.6) is 0 Å². The topological polar surface area (TPSA) is 69.5 Å². The van der Waals surface area contributed by atoms with Gasteiger partial charge in [-0.05, 0) is 13.0 Å². The van der Waals surface area contributed by atoms with Gasteiger partial charge in [0.05, 0.1) is 0 Å². The maximum atomic E-state index is 10.6. The lowest BCUT2D eigenvalue weighted by Crippen LogP contribution is -2.12. The summed E-state index contributed by atoms with van der Waals surface area (Å²) in [6.45, 7) is 1.70. The summed E-state index contributed by atoms with van der Waals surface area (Å²) in [6.07, 6.45) is 0. The van der Waals surface area contributed by atoms with Gasteiger partial charge in [-0.2, -0.15) is 10.2 Å². The molecule has 0 amide bonds. The fourth-order valence-electron chi connectivity index (χ4n) is 0.637. The quantitative estimate of drug-likeness (QED) is 0.542. The van der Waals surface area contributed by atoms with Crippen molar-refractivity contribution in [1.29, 1.82) is 5.26 Å². The molecule has 0 aliphatic rings. The third-order valence-electron chi connectivity index (χ3n) is 0.994. The molecule has 1 heterocycles. The van der Waals surface area contributed by atoms with Gasteiger partial charge in [0, 0.05) is 5.69 Å². The summed E-state index contributed by atoms with van der Waals surface area (Å²) in [5, 5.41) is 8.32. The minimum Gasteiger partial charge on any atom is -0.310 e. The molecule has 0 bridgehead atoms. The molecule has 4 heteroatoms. The van der Waals surface area contributed by atoms with Crippen molar-refractivity contribution in [2.24, 2.45) is 0 Å². The predicted octanol–water partition coefficient (Wildman–Crippen LogP) is -0.0500. The molecule has 0 aliphatic heterocycles. The minimum absolute atomic E-state index is 0.154. The second kappa shape index (κ2) is 2.31. The SMILES string of the molecule is Cc1cc(C#N)nc(=O)[nH]1. The van der Waals surface area contributed by atoms with E-state index in [4.69, 9.17) is 5.26 Å². The van der Waals surface area contributed by atoms with Crippen molar-refractivity contribution >= 4 is 0 Å². The van der Waals surface area contributed by atoms with Gasteiger partial charge in [-0.15, -0.1) is 0 Å². The molecule has 0 aromatic carbocycles. The van der Waals surface area contributed by atoms with Crippen LogP contribution >= 0.6 is 0 Å². The zero-order chi connectivity index (χ0) is 7.56. The summed E-state index contributed by atoms with van der Waals surface area (Å²) < 4.78 is 0. The number of nitrogens with one attached hydrogen (secondary N) is 1. The molecule has 0 spiro atoms. The van der Waals surface area contributed by atoms with Crippen LogP contribution in [0.3, 0.4) is 0 Å². The summed E-state index contributed by atoms with van der Waals surface area (Å²) >= 11 is 0. The van der Waals surface area contributed by atoms with Crippen molar-refractivity contribution in [2.45, 2.75) is 6.92 Å². The molecule has 0 fully saturated rings. The van der Waals surface area contributed by atoms with E-state index in [1.54, 1.807) is 13.0 Å². The molecule has 0 unspecified atom stereocenters. The molecule has 0 saturated carbocycles. The van der Waals surface area contributed by atoms with Crippen LogP contribution in [0.2, 0.25) is 0 Å². The summed E-state index contributed by atoms with van der Waals surface area (Å²) in [5.41, 5.74) is 0.328. The zero-order valence-corrected chi connectivity index (χ0v) is 5.38. The highest BCUT2D eigenvalue weighted by Gasteiger charge is 1.93. The summed E-state index contributed by atoms with van der Waals surface area (Å²) in [4.78, 5) is 16.4. The van der Waals surface area contributed by atoms with Gasteiger partial charge >= 0.3 is 5.69 Å². The van der Waals surface area contributed by atoms with Crippen LogP contribution in [0.4, 0.5) is 0 Å². The van der Waals surface area contributed by atoms with Crippen molar-refractivity contribution < 1.29 is 0 Å². The van der Waals surface area contributed by atoms with Crippen LogP contribution in [0, 0.1) is 18.3 Å². The normalized spacial score (nSPS) is 8.80. The lowest BCUT2D eigenvalue weighted by molar-refractivity contribution is 1.01. The number of aryl methyl sites for hydroxylation is 1. The van der Waals surface area contributed by atoms with Crippen molar-refractivity contribution in [3.63, 3.8) is 0 Å². The minimum atomic E-state index is -0.475. The number of aromatic nitrogens is 2. The van der Waals surface area contributed by atoms with Gasteiger partial charge in [-0.3, -0.25) is 0 Å². The monoisotopic (exact) mass is 135 g/mol. The molecule has 1 rings (SSSR count). The Bertz CT molecular complexity index is 334. The standard InChI is InChI=1S/C6H5N3O/c1-4-2-5(3-7)9-6(10)8-4/h2H,1H3,(H,8,9,10). The summed E-state index contributed by atoms with van der Waals surface area (Å²) in [5.74, 6) is 0. The first-order valence-corrected chi connectivity index (χ1v) is 2.70. The second-order valence-corrected chi connectivity index (χ2v) is 1.87. The van der Waals surface area contributed by atoms with Crippen LogP contribution in [-0.2, 0) is 0 Å². The number of nitriles is 1. The second-order valence-electron chi connectivity index (χ2n) is 1.87. The van der Waals surface area contributed by atoms with Gasteiger partial charge in [-0.1, -0.05) is 0 Å². The average Bonchev–Trinajstić information content (AvgIpc) is 1.85. The van der Waals surface area contributed by atoms with Gasteiger partial charge in [0.1, 0.15) is 11.8 Å². The van der Waals surface area contributed by atoms with Gasteiger partial charge in [-0.25, -0.2) is 4.79 Å². The smallest absolute Gasteiger partial charge is 0.310 e. The van der Waals surface area contributed by atoms with Crippen LogP contribution in [0.25, 0.3) is 0 Å². The molecule has 0 aliphatic carbocycles. The highest BCUT2D eigenvalue weighted by Crippen LogP contribution is 1.89. The number of hydrogen-bond donors (Lipinski definition) is 1.